The third kappa shape index (κ3) is 5.33. The summed E-state index contributed by atoms with van der Waals surface area (Å²) in [5, 5.41) is 14.9. The van der Waals surface area contributed by atoms with Crippen molar-refractivity contribution >= 4 is 27.7 Å². The van der Waals surface area contributed by atoms with Gasteiger partial charge in [-0.1, -0.05) is 28.1 Å². The van der Waals surface area contributed by atoms with E-state index in [1.54, 1.807) is 25.4 Å². The summed E-state index contributed by atoms with van der Waals surface area (Å²) in [5.41, 5.74) is 0.871. The zero-order valence-corrected chi connectivity index (χ0v) is 15.4. The molecule has 1 aromatic heterocycles. The van der Waals surface area contributed by atoms with E-state index in [9.17, 15) is 10.1 Å². The summed E-state index contributed by atoms with van der Waals surface area (Å²) in [5.74, 6) is 0.803. The van der Waals surface area contributed by atoms with Crippen LogP contribution in [0.5, 0.6) is 5.75 Å². The molecule has 0 radical (unpaired) electrons. The average Bonchev–Trinajstić information content (AvgIpc) is 2.62. The molecule has 1 aromatic carbocycles. The van der Waals surface area contributed by atoms with E-state index >= 15 is 0 Å². The Morgan fingerprint density at radius 1 is 1.36 bits per heavy atom. The number of ether oxygens (including phenoxy) is 1. The Labute approximate surface area is 154 Å². The third-order valence-corrected chi connectivity index (χ3v) is 3.91. The summed E-state index contributed by atoms with van der Waals surface area (Å²) >= 11 is 3.33. The second-order valence-electron chi connectivity index (χ2n) is 5.14. The number of carbonyl (C=O) groups is 1. The molecule has 0 spiro atoms. The summed E-state index contributed by atoms with van der Waals surface area (Å²) in [4.78, 5) is 16.4. The van der Waals surface area contributed by atoms with Crippen molar-refractivity contribution in [2.45, 2.75) is 13.0 Å². The van der Waals surface area contributed by atoms with Crippen molar-refractivity contribution in [3.63, 3.8) is 0 Å². The van der Waals surface area contributed by atoms with Gasteiger partial charge >= 0.3 is 0 Å². The van der Waals surface area contributed by atoms with Crippen LogP contribution in [0.1, 0.15) is 18.5 Å². The molecule has 128 valence electrons. The van der Waals surface area contributed by atoms with Gasteiger partial charge < -0.3 is 15.4 Å². The van der Waals surface area contributed by atoms with E-state index in [2.05, 4.69) is 31.5 Å². The molecule has 2 N–H and O–H groups in total. The van der Waals surface area contributed by atoms with Crippen LogP contribution in [0, 0.1) is 11.3 Å². The molecule has 1 atom stereocenters. The summed E-state index contributed by atoms with van der Waals surface area (Å²) < 4.78 is 5.95. The van der Waals surface area contributed by atoms with E-state index in [0.717, 1.165) is 15.8 Å². The number of carbonyl (C=O) groups excluding carboxylic acids is 1. The van der Waals surface area contributed by atoms with Gasteiger partial charge in [0.15, 0.2) is 0 Å². The number of hydrogen-bond donors (Lipinski definition) is 2. The van der Waals surface area contributed by atoms with Crippen molar-refractivity contribution in [3.8, 4) is 11.8 Å². The number of hydrogen-bond acceptors (Lipinski definition) is 5. The first-order valence-electron chi connectivity index (χ1n) is 7.46. The molecule has 2 rings (SSSR count). The summed E-state index contributed by atoms with van der Waals surface area (Å²) in [6.45, 7) is 1.85. The molecule has 2 aromatic rings. The number of halogens is 1. The van der Waals surface area contributed by atoms with Crippen LogP contribution in [0.3, 0.4) is 0 Å². The zero-order valence-electron chi connectivity index (χ0n) is 13.8. The molecule has 0 fully saturated rings. The number of pyridine rings is 1. The third-order valence-electron chi connectivity index (χ3n) is 3.41. The van der Waals surface area contributed by atoms with Gasteiger partial charge in [0.05, 0.1) is 13.2 Å². The molecule has 0 saturated carbocycles. The monoisotopic (exact) mass is 400 g/mol. The van der Waals surface area contributed by atoms with Crippen LogP contribution in [0.25, 0.3) is 0 Å². The lowest BCUT2D eigenvalue weighted by atomic mass is 10.1. The van der Waals surface area contributed by atoms with Crippen molar-refractivity contribution in [1.29, 1.82) is 5.26 Å². The molecule has 25 heavy (non-hydrogen) atoms. The van der Waals surface area contributed by atoms with Crippen LogP contribution in [0.15, 0.2) is 58.8 Å². The number of amides is 1. The predicted octanol–water partition coefficient (Wildman–Crippen LogP) is 3.55. The quantitative estimate of drug-likeness (QED) is 0.571. The van der Waals surface area contributed by atoms with Crippen molar-refractivity contribution in [2.24, 2.45) is 0 Å². The minimum absolute atomic E-state index is 0.0397. The minimum Gasteiger partial charge on any atom is -0.497 e. The normalized spacial score (nSPS) is 12.0. The number of rotatable bonds is 6. The number of nitrogens with zero attached hydrogens (tertiary/aromatic N) is 2. The predicted molar refractivity (Wildman–Crippen MR) is 98.8 cm³/mol. The first-order chi connectivity index (χ1) is 12.0. The van der Waals surface area contributed by atoms with Gasteiger partial charge in [-0.15, -0.1) is 0 Å². The summed E-state index contributed by atoms with van der Waals surface area (Å²) in [7, 11) is 1.59. The SMILES string of the molecule is COc1ccc(C(C)NC(=O)/C(C#N)=C\Nc2cc(Br)ccn2)cc1. The van der Waals surface area contributed by atoms with Gasteiger partial charge in [-0.2, -0.15) is 5.26 Å². The maximum absolute atomic E-state index is 12.3. The molecule has 1 heterocycles. The first kappa shape index (κ1) is 18.5. The summed E-state index contributed by atoms with van der Waals surface area (Å²) in [6, 6.07) is 12.5. The lowest BCUT2D eigenvalue weighted by Crippen LogP contribution is -2.28. The molecule has 0 saturated heterocycles. The van der Waals surface area contributed by atoms with Crippen LogP contribution in [-0.2, 0) is 4.79 Å². The molecule has 6 nitrogen and oxygen atoms in total. The maximum atomic E-state index is 12.3. The number of aromatic nitrogens is 1. The van der Waals surface area contributed by atoms with Crippen molar-refractivity contribution in [2.75, 3.05) is 12.4 Å². The smallest absolute Gasteiger partial charge is 0.263 e. The van der Waals surface area contributed by atoms with E-state index < -0.39 is 5.91 Å². The largest absolute Gasteiger partial charge is 0.497 e. The Balaban J connectivity index is 2.03. The number of methoxy groups -OCH3 is 1. The van der Waals surface area contributed by atoms with E-state index in [4.69, 9.17) is 4.74 Å². The molecule has 0 aliphatic carbocycles. The highest BCUT2D eigenvalue weighted by Crippen LogP contribution is 2.18. The van der Waals surface area contributed by atoms with Crippen molar-refractivity contribution in [3.05, 3.63) is 64.4 Å². The highest BCUT2D eigenvalue weighted by atomic mass is 79.9. The Morgan fingerprint density at radius 2 is 2.08 bits per heavy atom. The molecule has 0 aliphatic heterocycles. The lowest BCUT2D eigenvalue weighted by Gasteiger charge is -2.14. The Morgan fingerprint density at radius 3 is 2.68 bits per heavy atom. The van der Waals surface area contributed by atoms with Crippen LogP contribution < -0.4 is 15.4 Å². The Bertz CT molecular complexity index is 813. The maximum Gasteiger partial charge on any atom is 0.263 e. The van der Waals surface area contributed by atoms with Gasteiger partial charge in [0.2, 0.25) is 0 Å². The lowest BCUT2D eigenvalue weighted by molar-refractivity contribution is -0.117. The second kappa shape index (κ2) is 8.85. The second-order valence-corrected chi connectivity index (χ2v) is 6.06. The number of anilines is 1. The van der Waals surface area contributed by atoms with E-state index in [1.807, 2.05) is 37.3 Å². The highest BCUT2D eigenvalue weighted by molar-refractivity contribution is 9.10. The highest BCUT2D eigenvalue weighted by Gasteiger charge is 2.14. The number of benzene rings is 1. The minimum atomic E-state index is -0.465. The van der Waals surface area contributed by atoms with Gasteiger partial charge in [-0.3, -0.25) is 4.79 Å². The van der Waals surface area contributed by atoms with Gasteiger partial charge in [0, 0.05) is 16.9 Å². The van der Waals surface area contributed by atoms with Gasteiger partial charge in [-0.05, 0) is 36.8 Å². The average molecular weight is 401 g/mol. The number of nitriles is 1. The van der Waals surface area contributed by atoms with Crippen molar-refractivity contribution < 1.29 is 9.53 Å². The Kier molecular flexibility index (Phi) is 6.54. The van der Waals surface area contributed by atoms with Crippen LogP contribution in [0.2, 0.25) is 0 Å². The zero-order chi connectivity index (χ0) is 18.2. The fourth-order valence-electron chi connectivity index (χ4n) is 2.03. The molecule has 0 aliphatic rings. The molecular weight excluding hydrogens is 384 g/mol. The Hall–Kier alpha value is -2.85. The van der Waals surface area contributed by atoms with E-state index in [0.29, 0.717) is 5.82 Å². The fourth-order valence-corrected chi connectivity index (χ4v) is 2.36. The topological polar surface area (TPSA) is 87.0 Å². The van der Waals surface area contributed by atoms with E-state index in [-0.39, 0.29) is 11.6 Å². The molecule has 7 heteroatoms. The molecular formula is C18H17BrN4O2. The van der Waals surface area contributed by atoms with Crippen LogP contribution in [0.4, 0.5) is 5.82 Å². The van der Waals surface area contributed by atoms with Crippen molar-refractivity contribution in [1.82, 2.24) is 10.3 Å². The van der Waals surface area contributed by atoms with Gasteiger partial charge in [0.1, 0.15) is 23.2 Å². The van der Waals surface area contributed by atoms with Gasteiger partial charge in [-0.25, -0.2) is 4.98 Å². The first-order valence-corrected chi connectivity index (χ1v) is 8.26. The van der Waals surface area contributed by atoms with Crippen LogP contribution in [-0.4, -0.2) is 18.0 Å². The summed E-state index contributed by atoms with van der Waals surface area (Å²) in [6.07, 6.45) is 2.95. The van der Waals surface area contributed by atoms with Gasteiger partial charge in [0.25, 0.3) is 5.91 Å². The fraction of sp³-hybridized carbons (Fsp3) is 0.167. The van der Waals surface area contributed by atoms with Crippen LogP contribution >= 0.6 is 15.9 Å². The molecule has 1 amide bonds. The molecule has 0 bridgehead atoms. The standard InChI is InChI=1S/C18H17BrN4O2/c1-12(13-3-5-16(25-2)6-4-13)23-18(24)14(10-20)11-22-17-9-15(19)7-8-21-17/h3-9,11-12H,1-2H3,(H,21,22)(H,23,24)/b14-11-. The molecule has 1 unspecified atom stereocenters. The number of nitrogens with one attached hydrogen (secondary N) is 2. The van der Waals surface area contributed by atoms with E-state index in [1.165, 1.54) is 6.20 Å².